The second-order valence-corrected chi connectivity index (χ2v) is 7.32. The van der Waals surface area contributed by atoms with Crippen LogP contribution < -0.4 is 0 Å². The van der Waals surface area contributed by atoms with Crippen LogP contribution in [0.25, 0.3) is 5.69 Å². The average Bonchev–Trinajstić information content (AvgIpc) is 2.64. The lowest BCUT2D eigenvalue weighted by atomic mass is 9.76. The molecule has 104 valence electrons. The summed E-state index contributed by atoms with van der Waals surface area (Å²) < 4.78 is 3.28. The van der Waals surface area contributed by atoms with Crippen molar-refractivity contribution in [2.24, 2.45) is 5.41 Å². The molecule has 1 aliphatic carbocycles. The molecule has 1 heterocycles. The van der Waals surface area contributed by atoms with Gasteiger partial charge in [0.2, 0.25) is 0 Å². The SMILES string of the molecule is Cc1cc2c(n1-c1cccc(Br)c1)CC(C)(C)CC2=O. The number of hydrogen-bond donors (Lipinski definition) is 0. The number of ketones is 1. The van der Waals surface area contributed by atoms with Crippen molar-refractivity contribution in [2.75, 3.05) is 0 Å². The van der Waals surface area contributed by atoms with E-state index >= 15 is 0 Å². The third-order valence-electron chi connectivity index (χ3n) is 3.94. The van der Waals surface area contributed by atoms with Gasteiger partial charge in [-0.25, -0.2) is 0 Å². The lowest BCUT2D eigenvalue weighted by Gasteiger charge is -2.29. The van der Waals surface area contributed by atoms with Crippen LogP contribution in [0.1, 0.15) is 42.0 Å². The number of aryl methyl sites for hydroxylation is 1. The van der Waals surface area contributed by atoms with Gasteiger partial charge >= 0.3 is 0 Å². The monoisotopic (exact) mass is 331 g/mol. The first-order valence-corrected chi connectivity index (χ1v) is 7.67. The van der Waals surface area contributed by atoms with E-state index in [-0.39, 0.29) is 11.2 Å². The van der Waals surface area contributed by atoms with Gasteiger partial charge < -0.3 is 4.57 Å². The first-order valence-electron chi connectivity index (χ1n) is 6.88. The van der Waals surface area contributed by atoms with E-state index in [0.29, 0.717) is 6.42 Å². The van der Waals surface area contributed by atoms with Gasteiger partial charge in [-0.05, 0) is 43.0 Å². The molecule has 0 amide bonds. The van der Waals surface area contributed by atoms with Crippen molar-refractivity contribution in [1.29, 1.82) is 0 Å². The van der Waals surface area contributed by atoms with Gasteiger partial charge in [0.1, 0.15) is 0 Å². The molecule has 0 saturated heterocycles. The van der Waals surface area contributed by atoms with Gasteiger partial charge in [0, 0.05) is 33.5 Å². The van der Waals surface area contributed by atoms with Crippen LogP contribution >= 0.6 is 15.9 Å². The predicted molar refractivity (Wildman–Crippen MR) is 84.6 cm³/mol. The van der Waals surface area contributed by atoms with E-state index in [2.05, 4.69) is 53.4 Å². The van der Waals surface area contributed by atoms with Gasteiger partial charge in [0.25, 0.3) is 0 Å². The van der Waals surface area contributed by atoms with Crippen molar-refractivity contribution in [2.45, 2.75) is 33.6 Å². The Bertz CT molecular complexity index is 697. The zero-order valence-corrected chi connectivity index (χ0v) is 13.6. The number of Topliss-reactive ketones (excluding diaryl/α,β-unsaturated/α-hetero) is 1. The van der Waals surface area contributed by atoms with Crippen LogP contribution in [0.5, 0.6) is 0 Å². The highest BCUT2D eigenvalue weighted by molar-refractivity contribution is 9.10. The standard InChI is InChI=1S/C17H18BrNO/c1-11-7-14-15(9-17(2,3)10-16(14)20)19(11)13-6-4-5-12(18)8-13/h4-8H,9-10H2,1-3H3. The van der Waals surface area contributed by atoms with Crippen LogP contribution in [-0.4, -0.2) is 10.4 Å². The molecule has 0 radical (unpaired) electrons. The van der Waals surface area contributed by atoms with Crippen molar-refractivity contribution in [3.63, 3.8) is 0 Å². The van der Waals surface area contributed by atoms with Crippen LogP contribution in [0.2, 0.25) is 0 Å². The van der Waals surface area contributed by atoms with Crippen molar-refractivity contribution in [3.05, 3.63) is 51.8 Å². The summed E-state index contributed by atoms with van der Waals surface area (Å²) in [6, 6.07) is 10.3. The minimum atomic E-state index is 0.0403. The molecule has 0 aliphatic heterocycles. The van der Waals surface area contributed by atoms with Gasteiger partial charge in [-0.1, -0.05) is 35.8 Å². The molecule has 0 unspecified atom stereocenters. The fourth-order valence-corrected chi connectivity index (χ4v) is 3.51. The average molecular weight is 332 g/mol. The minimum absolute atomic E-state index is 0.0403. The molecule has 0 spiro atoms. The number of halogens is 1. The highest BCUT2D eigenvalue weighted by atomic mass is 79.9. The summed E-state index contributed by atoms with van der Waals surface area (Å²) in [5, 5.41) is 0. The Balaban J connectivity index is 2.21. The minimum Gasteiger partial charge on any atom is -0.317 e. The zero-order chi connectivity index (χ0) is 14.5. The Hall–Kier alpha value is -1.35. The van der Waals surface area contributed by atoms with E-state index in [0.717, 1.165) is 33.5 Å². The van der Waals surface area contributed by atoms with Crippen LogP contribution in [0.4, 0.5) is 0 Å². The Morgan fingerprint density at radius 2 is 1.95 bits per heavy atom. The van der Waals surface area contributed by atoms with Crippen molar-refractivity contribution >= 4 is 21.7 Å². The molecule has 2 aromatic rings. The molecule has 0 atom stereocenters. The highest BCUT2D eigenvalue weighted by Gasteiger charge is 2.34. The van der Waals surface area contributed by atoms with E-state index in [1.807, 2.05) is 18.2 Å². The van der Waals surface area contributed by atoms with Gasteiger partial charge in [-0.3, -0.25) is 4.79 Å². The molecule has 20 heavy (non-hydrogen) atoms. The number of carbonyl (C=O) groups is 1. The van der Waals surface area contributed by atoms with Gasteiger partial charge in [-0.15, -0.1) is 0 Å². The lowest BCUT2D eigenvalue weighted by molar-refractivity contribution is 0.0911. The number of rotatable bonds is 1. The Kier molecular flexibility index (Phi) is 3.13. The Morgan fingerprint density at radius 3 is 2.65 bits per heavy atom. The van der Waals surface area contributed by atoms with E-state index in [9.17, 15) is 4.79 Å². The quantitative estimate of drug-likeness (QED) is 0.742. The Morgan fingerprint density at radius 1 is 1.20 bits per heavy atom. The molecular weight excluding hydrogens is 314 g/mol. The van der Waals surface area contributed by atoms with Crippen LogP contribution in [0.15, 0.2) is 34.8 Å². The van der Waals surface area contributed by atoms with Crippen molar-refractivity contribution < 1.29 is 4.79 Å². The van der Waals surface area contributed by atoms with Gasteiger partial charge in [-0.2, -0.15) is 0 Å². The summed E-state index contributed by atoms with van der Waals surface area (Å²) in [5.41, 5.74) is 4.34. The summed E-state index contributed by atoms with van der Waals surface area (Å²) >= 11 is 3.52. The molecule has 0 saturated carbocycles. The summed E-state index contributed by atoms with van der Waals surface area (Å²) in [4.78, 5) is 12.3. The Labute approximate surface area is 127 Å². The maximum Gasteiger partial charge on any atom is 0.165 e. The smallest absolute Gasteiger partial charge is 0.165 e. The number of hydrogen-bond acceptors (Lipinski definition) is 1. The van der Waals surface area contributed by atoms with Crippen LogP contribution in [0, 0.1) is 12.3 Å². The highest BCUT2D eigenvalue weighted by Crippen LogP contribution is 2.37. The van der Waals surface area contributed by atoms with E-state index in [4.69, 9.17) is 0 Å². The maximum atomic E-state index is 12.3. The second-order valence-electron chi connectivity index (χ2n) is 6.40. The van der Waals surface area contributed by atoms with Gasteiger partial charge in [0.05, 0.1) is 0 Å². The van der Waals surface area contributed by atoms with Gasteiger partial charge in [0.15, 0.2) is 5.78 Å². The molecule has 0 N–H and O–H groups in total. The largest absolute Gasteiger partial charge is 0.317 e. The molecule has 1 aromatic heterocycles. The summed E-state index contributed by atoms with van der Waals surface area (Å²) in [7, 11) is 0. The molecule has 1 aliphatic rings. The van der Waals surface area contributed by atoms with E-state index in [1.165, 1.54) is 0 Å². The third-order valence-corrected chi connectivity index (χ3v) is 4.43. The van der Waals surface area contributed by atoms with E-state index < -0.39 is 0 Å². The molecule has 2 nitrogen and oxygen atoms in total. The third kappa shape index (κ3) is 2.24. The molecule has 0 fully saturated rings. The van der Waals surface area contributed by atoms with Crippen LogP contribution in [-0.2, 0) is 6.42 Å². The normalized spacial score (nSPS) is 17.1. The lowest BCUT2D eigenvalue weighted by Crippen LogP contribution is -2.27. The summed E-state index contributed by atoms with van der Waals surface area (Å²) in [5.74, 6) is 0.271. The van der Waals surface area contributed by atoms with Crippen molar-refractivity contribution in [1.82, 2.24) is 4.57 Å². The molecule has 0 bridgehead atoms. The number of aromatic nitrogens is 1. The predicted octanol–water partition coefficient (Wildman–Crippen LogP) is 4.70. The number of benzene rings is 1. The zero-order valence-electron chi connectivity index (χ0n) is 12.0. The topological polar surface area (TPSA) is 22.0 Å². The first-order chi connectivity index (χ1) is 9.37. The van der Waals surface area contributed by atoms with Crippen LogP contribution in [0.3, 0.4) is 0 Å². The first kappa shape index (κ1) is 13.6. The molecule has 3 heteroatoms. The fourth-order valence-electron chi connectivity index (χ4n) is 3.13. The van der Waals surface area contributed by atoms with E-state index in [1.54, 1.807) is 0 Å². The fraction of sp³-hybridized carbons (Fsp3) is 0.353. The number of fused-ring (bicyclic) bond motifs is 1. The second kappa shape index (κ2) is 4.59. The molecule has 3 rings (SSSR count). The number of nitrogens with zero attached hydrogens (tertiary/aromatic N) is 1. The maximum absolute atomic E-state index is 12.3. The number of carbonyl (C=O) groups excluding carboxylic acids is 1. The van der Waals surface area contributed by atoms with Crippen molar-refractivity contribution in [3.8, 4) is 5.69 Å². The molecular formula is C17H18BrNO. The molecule has 1 aromatic carbocycles. The summed E-state index contributed by atoms with van der Waals surface area (Å²) in [6.07, 6.45) is 1.58. The summed E-state index contributed by atoms with van der Waals surface area (Å²) in [6.45, 7) is 6.41.